The average Bonchev–Trinajstić information content (AvgIpc) is 3.04. The van der Waals surface area contributed by atoms with E-state index in [0.29, 0.717) is 9.88 Å². The number of aromatic nitrogens is 1. The van der Waals surface area contributed by atoms with Crippen molar-refractivity contribution in [1.29, 1.82) is 0 Å². The summed E-state index contributed by atoms with van der Waals surface area (Å²) >= 11 is 2.33. The summed E-state index contributed by atoms with van der Waals surface area (Å²) in [6.45, 7) is 0. The third-order valence-corrected chi connectivity index (χ3v) is 4.04. The second-order valence-electron chi connectivity index (χ2n) is 3.45. The highest BCUT2D eigenvalue weighted by molar-refractivity contribution is 7.14. The highest BCUT2D eigenvalue weighted by Gasteiger charge is 2.09. The van der Waals surface area contributed by atoms with Gasteiger partial charge in [0.15, 0.2) is 0 Å². The molecule has 2 rings (SSSR count). The highest BCUT2D eigenvalue weighted by atomic mass is 32.1. The summed E-state index contributed by atoms with van der Waals surface area (Å²) in [5.74, 6) is -0.177. The number of nitro groups is 1. The lowest BCUT2D eigenvalue weighted by atomic mass is 10.3. The lowest BCUT2D eigenvalue weighted by Crippen LogP contribution is -2.16. The molecular formula is C11H9N3O3S2. The van der Waals surface area contributed by atoms with Crippen LogP contribution < -0.4 is 5.32 Å². The van der Waals surface area contributed by atoms with Crippen LogP contribution in [0.3, 0.4) is 0 Å². The van der Waals surface area contributed by atoms with Crippen LogP contribution in [0.1, 0.15) is 20.2 Å². The van der Waals surface area contributed by atoms with Crippen molar-refractivity contribution < 1.29 is 9.72 Å². The van der Waals surface area contributed by atoms with E-state index in [0.717, 1.165) is 16.9 Å². The second kappa shape index (κ2) is 5.72. The van der Waals surface area contributed by atoms with Gasteiger partial charge in [0.2, 0.25) is 0 Å². The van der Waals surface area contributed by atoms with Crippen LogP contribution in [0.15, 0.2) is 17.6 Å². The normalized spacial score (nSPS) is 10.8. The van der Waals surface area contributed by atoms with Crippen molar-refractivity contribution in [1.82, 2.24) is 10.3 Å². The number of hydrogen-bond donors (Lipinski definition) is 1. The van der Waals surface area contributed by atoms with Gasteiger partial charge >= 0.3 is 5.00 Å². The number of nitrogens with one attached hydrogen (secondary N) is 1. The first-order valence-electron chi connectivity index (χ1n) is 5.19. The number of thiazole rings is 1. The fraction of sp³-hybridized carbons (Fsp3) is 0.0909. The van der Waals surface area contributed by atoms with E-state index in [9.17, 15) is 14.9 Å². The Kier molecular flexibility index (Phi) is 4.03. The first-order chi connectivity index (χ1) is 9.10. The van der Waals surface area contributed by atoms with Crippen LogP contribution in [-0.4, -0.2) is 22.9 Å². The van der Waals surface area contributed by atoms with Crippen LogP contribution in [0.4, 0.5) is 5.00 Å². The molecule has 0 fully saturated rings. The molecule has 1 amide bonds. The molecule has 2 heterocycles. The Labute approximate surface area is 116 Å². The summed E-state index contributed by atoms with van der Waals surface area (Å²) < 4.78 is 0. The summed E-state index contributed by atoms with van der Waals surface area (Å²) in [7, 11) is 1.56. The third kappa shape index (κ3) is 3.24. The molecule has 0 saturated heterocycles. The zero-order valence-corrected chi connectivity index (χ0v) is 11.5. The Bertz CT molecular complexity index is 645. The molecule has 0 bridgehead atoms. The number of amides is 1. The Morgan fingerprint density at radius 2 is 2.32 bits per heavy atom. The van der Waals surface area contributed by atoms with E-state index >= 15 is 0 Å². The predicted molar refractivity (Wildman–Crippen MR) is 75.4 cm³/mol. The zero-order chi connectivity index (χ0) is 13.8. The van der Waals surface area contributed by atoms with E-state index < -0.39 is 4.92 Å². The van der Waals surface area contributed by atoms with Crippen molar-refractivity contribution in [3.8, 4) is 0 Å². The molecule has 19 heavy (non-hydrogen) atoms. The second-order valence-corrected chi connectivity index (χ2v) is 5.40. The lowest BCUT2D eigenvalue weighted by molar-refractivity contribution is -0.380. The Morgan fingerprint density at radius 1 is 1.53 bits per heavy atom. The molecule has 2 aromatic rings. The smallest absolute Gasteiger partial charge is 0.324 e. The van der Waals surface area contributed by atoms with Gasteiger partial charge in [0.05, 0.1) is 11.1 Å². The van der Waals surface area contributed by atoms with Gasteiger partial charge in [0.1, 0.15) is 9.88 Å². The molecule has 8 heteroatoms. The molecule has 0 radical (unpaired) electrons. The van der Waals surface area contributed by atoms with E-state index in [1.807, 2.05) is 0 Å². The summed E-state index contributed by atoms with van der Waals surface area (Å²) in [4.78, 5) is 26.1. The Balaban J connectivity index is 2.11. The number of rotatable bonds is 4. The summed E-state index contributed by atoms with van der Waals surface area (Å²) in [5, 5.41) is 15.5. The van der Waals surface area contributed by atoms with E-state index in [-0.39, 0.29) is 10.9 Å². The molecule has 0 aliphatic carbocycles. The standard InChI is InChI=1S/C11H9N3O3S2/c1-12-11(15)8-5-13-9(19-8)3-2-7-4-10(14(16)17)18-6-7/h2-6H,1H3,(H,12,15)/b3-2+. The maximum absolute atomic E-state index is 11.3. The van der Waals surface area contributed by atoms with Gasteiger partial charge in [-0.3, -0.25) is 14.9 Å². The first kappa shape index (κ1) is 13.4. The van der Waals surface area contributed by atoms with E-state index in [4.69, 9.17) is 0 Å². The van der Waals surface area contributed by atoms with E-state index in [2.05, 4.69) is 10.3 Å². The van der Waals surface area contributed by atoms with Gasteiger partial charge in [-0.05, 0) is 11.6 Å². The van der Waals surface area contributed by atoms with Crippen LogP contribution in [-0.2, 0) is 0 Å². The maximum atomic E-state index is 11.3. The molecule has 2 aromatic heterocycles. The zero-order valence-electron chi connectivity index (χ0n) is 9.82. The van der Waals surface area contributed by atoms with Crippen LogP contribution in [0.5, 0.6) is 0 Å². The Morgan fingerprint density at radius 3 is 2.95 bits per heavy atom. The molecule has 0 unspecified atom stereocenters. The van der Waals surface area contributed by atoms with Crippen molar-refractivity contribution in [2.75, 3.05) is 7.05 Å². The predicted octanol–water partition coefficient (Wildman–Crippen LogP) is 2.64. The molecule has 98 valence electrons. The quantitative estimate of drug-likeness (QED) is 0.694. The highest BCUT2D eigenvalue weighted by Crippen LogP contribution is 2.24. The minimum atomic E-state index is -0.422. The van der Waals surface area contributed by atoms with Crippen molar-refractivity contribution in [2.24, 2.45) is 0 Å². The van der Waals surface area contributed by atoms with Crippen molar-refractivity contribution in [2.45, 2.75) is 0 Å². The van der Waals surface area contributed by atoms with Crippen LogP contribution in [0.2, 0.25) is 0 Å². The molecule has 0 atom stereocenters. The van der Waals surface area contributed by atoms with Crippen LogP contribution in [0, 0.1) is 10.1 Å². The lowest BCUT2D eigenvalue weighted by Gasteiger charge is -1.90. The van der Waals surface area contributed by atoms with Gasteiger partial charge in [0.25, 0.3) is 5.91 Å². The molecule has 0 aromatic carbocycles. The first-order valence-corrected chi connectivity index (χ1v) is 6.88. The average molecular weight is 295 g/mol. The van der Waals surface area contributed by atoms with Crippen molar-refractivity contribution >= 4 is 45.7 Å². The number of hydrogen-bond acceptors (Lipinski definition) is 6. The molecule has 1 N–H and O–H groups in total. The van der Waals surface area contributed by atoms with E-state index in [1.54, 1.807) is 24.6 Å². The fourth-order valence-electron chi connectivity index (χ4n) is 1.28. The number of carbonyl (C=O) groups is 1. The molecular weight excluding hydrogens is 286 g/mol. The molecule has 0 aliphatic heterocycles. The number of nitrogens with zero attached hydrogens (tertiary/aromatic N) is 2. The van der Waals surface area contributed by atoms with E-state index in [1.165, 1.54) is 23.6 Å². The SMILES string of the molecule is CNC(=O)c1cnc(/C=C/c2csc([N+](=O)[O-])c2)s1. The van der Waals surface area contributed by atoms with Crippen LogP contribution >= 0.6 is 22.7 Å². The largest absolute Gasteiger partial charge is 0.354 e. The number of carbonyl (C=O) groups excluding carboxylic acids is 1. The van der Waals surface area contributed by atoms with Crippen molar-refractivity contribution in [3.63, 3.8) is 0 Å². The summed E-state index contributed by atoms with van der Waals surface area (Å²) in [6.07, 6.45) is 4.96. The van der Waals surface area contributed by atoms with Gasteiger partial charge in [0, 0.05) is 18.5 Å². The van der Waals surface area contributed by atoms with Gasteiger partial charge in [-0.25, -0.2) is 4.98 Å². The molecule has 0 aliphatic rings. The monoisotopic (exact) mass is 295 g/mol. The van der Waals surface area contributed by atoms with Gasteiger partial charge in [-0.15, -0.1) is 11.3 Å². The van der Waals surface area contributed by atoms with Gasteiger partial charge in [-0.2, -0.15) is 0 Å². The molecule has 0 spiro atoms. The fourth-order valence-corrected chi connectivity index (χ4v) is 2.74. The summed E-state index contributed by atoms with van der Waals surface area (Å²) in [6, 6.07) is 1.49. The Hall–Kier alpha value is -2.06. The van der Waals surface area contributed by atoms with Crippen LogP contribution in [0.25, 0.3) is 12.2 Å². The van der Waals surface area contributed by atoms with Gasteiger partial charge < -0.3 is 5.32 Å². The number of thiophene rings is 1. The minimum absolute atomic E-state index is 0.102. The maximum Gasteiger partial charge on any atom is 0.324 e. The van der Waals surface area contributed by atoms with Crippen molar-refractivity contribution in [3.05, 3.63) is 43.2 Å². The molecule has 6 nitrogen and oxygen atoms in total. The minimum Gasteiger partial charge on any atom is -0.354 e. The molecule has 0 saturated carbocycles. The topological polar surface area (TPSA) is 85.1 Å². The summed E-state index contributed by atoms with van der Waals surface area (Å²) in [5.41, 5.74) is 0.744. The van der Waals surface area contributed by atoms with Gasteiger partial charge in [-0.1, -0.05) is 17.4 Å². The third-order valence-electron chi connectivity index (χ3n) is 2.18.